The summed E-state index contributed by atoms with van der Waals surface area (Å²) in [5.74, 6) is 0.290. The molecule has 140 valence electrons. The summed E-state index contributed by atoms with van der Waals surface area (Å²) in [5, 5.41) is 24.3. The van der Waals surface area contributed by atoms with E-state index >= 15 is 0 Å². The van der Waals surface area contributed by atoms with E-state index in [-0.39, 0.29) is 0 Å². The van der Waals surface area contributed by atoms with Gasteiger partial charge in [0.1, 0.15) is 11.4 Å². The summed E-state index contributed by atoms with van der Waals surface area (Å²) in [6.45, 7) is 2.56. The topological polar surface area (TPSA) is 74.2 Å². The molecule has 3 heterocycles. The van der Waals surface area contributed by atoms with Gasteiger partial charge in [-0.15, -0.1) is 10.2 Å². The van der Waals surface area contributed by atoms with Crippen LogP contribution in [0.2, 0.25) is 5.02 Å². The van der Waals surface area contributed by atoms with E-state index < -0.39 is 0 Å². The largest absolute Gasteiger partial charge is 0.508 e. The number of hydrogen-bond acceptors (Lipinski definition) is 7. The maximum Gasteiger partial charge on any atom is 0.206 e. The Morgan fingerprint density at radius 1 is 1.26 bits per heavy atom. The molecule has 2 aromatic heterocycles. The van der Waals surface area contributed by atoms with Gasteiger partial charge >= 0.3 is 0 Å². The predicted molar refractivity (Wildman–Crippen MR) is 108 cm³/mol. The van der Waals surface area contributed by atoms with Gasteiger partial charge in [-0.05, 0) is 49.7 Å². The molecule has 0 spiro atoms. The Morgan fingerprint density at radius 2 is 2.19 bits per heavy atom. The molecule has 0 aliphatic carbocycles. The average molecular weight is 402 g/mol. The molecule has 1 fully saturated rings. The number of phenols is 1. The number of nitrogens with one attached hydrogen (secondary N) is 1. The van der Waals surface area contributed by atoms with Gasteiger partial charge in [0.05, 0.1) is 0 Å². The molecule has 2 N–H and O–H groups in total. The molecule has 1 aliphatic heterocycles. The zero-order valence-corrected chi connectivity index (χ0v) is 16.2. The van der Waals surface area contributed by atoms with Gasteiger partial charge in [0.15, 0.2) is 5.01 Å². The standard InChI is InChI=1S/C19H20ClN5OS/c20-14-6-7-17(26)13(10-14)11-25-9-3-4-15(12-25)22-19-24-23-18(27-19)16-5-1-2-8-21-16/h1-2,5-8,10,15,26H,3-4,9,11-12H2,(H,22,24). The van der Waals surface area contributed by atoms with Crippen molar-refractivity contribution in [2.45, 2.75) is 25.4 Å². The number of benzene rings is 1. The molecular weight excluding hydrogens is 382 g/mol. The van der Waals surface area contributed by atoms with Gasteiger partial charge in [-0.2, -0.15) is 0 Å². The summed E-state index contributed by atoms with van der Waals surface area (Å²) in [5.41, 5.74) is 1.70. The van der Waals surface area contributed by atoms with E-state index in [0.29, 0.717) is 23.4 Å². The van der Waals surface area contributed by atoms with E-state index in [0.717, 1.165) is 47.3 Å². The second-order valence-electron chi connectivity index (χ2n) is 6.62. The zero-order valence-electron chi connectivity index (χ0n) is 14.7. The number of pyridine rings is 1. The Bertz CT molecular complexity index is 904. The van der Waals surface area contributed by atoms with Crippen molar-refractivity contribution in [3.8, 4) is 16.5 Å². The summed E-state index contributed by atoms with van der Waals surface area (Å²) >= 11 is 7.58. The summed E-state index contributed by atoms with van der Waals surface area (Å²) in [7, 11) is 0. The number of aromatic nitrogens is 3. The van der Waals surface area contributed by atoms with E-state index in [1.165, 1.54) is 11.3 Å². The minimum atomic E-state index is 0.290. The molecular formula is C19H20ClN5OS. The van der Waals surface area contributed by atoms with Crippen molar-refractivity contribution in [2.75, 3.05) is 18.4 Å². The molecule has 1 aromatic carbocycles. The maximum atomic E-state index is 10.1. The first-order chi connectivity index (χ1) is 13.2. The van der Waals surface area contributed by atoms with Gasteiger partial charge in [0, 0.05) is 35.9 Å². The SMILES string of the molecule is Oc1ccc(Cl)cc1CN1CCCC(Nc2nnc(-c3ccccn3)s2)C1. The number of nitrogens with zero attached hydrogens (tertiary/aromatic N) is 4. The van der Waals surface area contributed by atoms with Crippen molar-refractivity contribution >= 4 is 28.1 Å². The Kier molecular flexibility index (Phi) is 5.52. The molecule has 0 radical (unpaired) electrons. The number of likely N-dealkylation sites (tertiary alicyclic amines) is 1. The number of hydrogen-bond donors (Lipinski definition) is 2. The van der Waals surface area contributed by atoms with Crippen LogP contribution in [-0.2, 0) is 6.54 Å². The molecule has 0 amide bonds. The Labute approximate surface area is 166 Å². The van der Waals surface area contributed by atoms with Gasteiger partial charge in [0.25, 0.3) is 0 Å². The second kappa shape index (κ2) is 8.21. The molecule has 6 nitrogen and oxygen atoms in total. The highest BCUT2D eigenvalue weighted by Gasteiger charge is 2.22. The molecule has 1 atom stereocenters. The van der Waals surface area contributed by atoms with Crippen LogP contribution < -0.4 is 5.32 Å². The van der Waals surface area contributed by atoms with Gasteiger partial charge < -0.3 is 10.4 Å². The van der Waals surface area contributed by atoms with Crippen molar-refractivity contribution in [3.63, 3.8) is 0 Å². The molecule has 3 aromatic rings. The molecule has 4 rings (SSSR count). The molecule has 8 heteroatoms. The minimum Gasteiger partial charge on any atom is -0.508 e. The van der Waals surface area contributed by atoms with Crippen LogP contribution in [0.25, 0.3) is 10.7 Å². The summed E-state index contributed by atoms with van der Waals surface area (Å²) in [6.07, 6.45) is 3.93. The molecule has 0 saturated carbocycles. The highest BCUT2D eigenvalue weighted by Crippen LogP contribution is 2.27. The fraction of sp³-hybridized carbons (Fsp3) is 0.316. The summed E-state index contributed by atoms with van der Waals surface area (Å²) in [4.78, 5) is 6.65. The van der Waals surface area contributed by atoms with Crippen molar-refractivity contribution in [1.82, 2.24) is 20.1 Å². The van der Waals surface area contributed by atoms with E-state index in [1.54, 1.807) is 18.3 Å². The van der Waals surface area contributed by atoms with E-state index in [2.05, 4.69) is 25.4 Å². The van der Waals surface area contributed by atoms with Crippen molar-refractivity contribution in [3.05, 3.63) is 53.2 Å². The monoisotopic (exact) mass is 401 g/mol. The molecule has 1 saturated heterocycles. The smallest absolute Gasteiger partial charge is 0.206 e. The van der Waals surface area contributed by atoms with Gasteiger partial charge in [-0.3, -0.25) is 9.88 Å². The van der Waals surface area contributed by atoms with Gasteiger partial charge in [0.2, 0.25) is 5.13 Å². The number of halogens is 1. The summed E-state index contributed by atoms with van der Waals surface area (Å²) in [6, 6.07) is 11.2. The lowest BCUT2D eigenvalue weighted by atomic mass is 10.0. The number of piperidine rings is 1. The number of aromatic hydroxyl groups is 1. The van der Waals surface area contributed by atoms with Crippen molar-refractivity contribution < 1.29 is 5.11 Å². The lowest BCUT2D eigenvalue weighted by Gasteiger charge is -2.33. The third-order valence-electron chi connectivity index (χ3n) is 4.58. The quantitative estimate of drug-likeness (QED) is 0.672. The molecule has 27 heavy (non-hydrogen) atoms. The predicted octanol–water partition coefficient (Wildman–Crippen LogP) is 4.04. The maximum absolute atomic E-state index is 10.1. The fourth-order valence-corrected chi connectivity index (χ4v) is 4.28. The molecule has 1 unspecified atom stereocenters. The lowest BCUT2D eigenvalue weighted by Crippen LogP contribution is -2.41. The van der Waals surface area contributed by atoms with Crippen LogP contribution in [0.5, 0.6) is 5.75 Å². The average Bonchev–Trinajstić information content (AvgIpc) is 3.14. The van der Waals surface area contributed by atoms with Crippen LogP contribution in [0.3, 0.4) is 0 Å². The normalized spacial score (nSPS) is 17.7. The van der Waals surface area contributed by atoms with Crippen LogP contribution in [0.1, 0.15) is 18.4 Å². The van der Waals surface area contributed by atoms with Crippen LogP contribution in [0, 0.1) is 0 Å². The molecule has 1 aliphatic rings. The number of phenolic OH excluding ortho intramolecular Hbond substituents is 1. The van der Waals surface area contributed by atoms with E-state index in [4.69, 9.17) is 11.6 Å². The third kappa shape index (κ3) is 4.55. The second-order valence-corrected chi connectivity index (χ2v) is 8.03. The Morgan fingerprint density at radius 3 is 3.04 bits per heavy atom. The van der Waals surface area contributed by atoms with Crippen molar-refractivity contribution in [1.29, 1.82) is 0 Å². The fourth-order valence-electron chi connectivity index (χ4n) is 3.29. The van der Waals surface area contributed by atoms with Gasteiger partial charge in [-0.25, -0.2) is 0 Å². The van der Waals surface area contributed by atoms with Crippen LogP contribution in [0.4, 0.5) is 5.13 Å². The first-order valence-electron chi connectivity index (χ1n) is 8.88. The number of rotatable bonds is 5. The van der Waals surface area contributed by atoms with Crippen LogP contribution in [0.15, 0.2) is 42.6 Å². The lowest BCUT2D eigenvalue weighted by molar-refractivity contribution is 0.206. The first-order valence-corrected chi connectivity index (χ1v) is 10.1. The highest BCUT2D eigenvalue weighted by molar-refractivity contribution is 7.18. The number of anilines is 1. The highest BCUT2D eigenvalue weighted by atomic mass is 35.5. The van der Waals surface area contributed by atoms with E-state index in [9.17, 15) is 5.11 Å². The van der Waals surface area contributed by atoms with Gasteiger partial charge in [-0.1, -0.05) is 29.0 Å². The van der Waals surface area contributed by atoms with Crippen LogP contribution >= 0.6 is 22.9 Å². The Balaban J connectivity index is 1.39. The van der Waals surface area contributed by atoms with Crippen LogP contribution in [-0.4, -0.2) is 44.3 Å². The Hall–Kier alpha value is -2.22. The minimum absolute atomic E-state index is 0.290. The first kappa shape index (κ1) is 18.2. The van der Waals surface area contributed by atoms with E-state index in [1.807, 2.05) is 24.3 Å². The van der Waals surface area contributed by atoms with Crippen molar-refractivity contribution in [2.24, 2.45) is 0 Å². The summed E-state index contributed by atoms with van der Waals surface area (Å²) < 4.78 is 0. The third-order valence-corrected chi connectivity index (χ3v) is 5.69. The zero-order chi connectivity index (χ0) is 18.6. The molecule has 0 bridgehead atoms.